The Labute approximate surface area is 575 Å². The number of esters is 1. The Morgan fingerprint density at radius 2 is 0.724 bits per heavy atom. The Kier molecular flexibility index (Phi) is 25.4. The molecule has 8 aromatic rings. The van der Waals surface area contributed by atoms with Crippen LogP contribution in [0.1, 0.15) is 105 Å². The molecule has 8 aromatic carbocycles. The molecule has 9 rings (SSSR count). The van der Waals surface area contributed by atoms with Crippen molar-refractivity contribution < 1.29 is 153 Å². The first-order chi connectivity index (χ1) is 48.7. The Morgan fingerprint density at radius 1 is 0.410 bits per heavy atom. The number of ether oxygens (including phenoxy) is 4. The Morgan fingerprint density at radius 3 is 1.03 bits per heavy atom. The highest BCUT2D eigenvalue weighted by Gasteiger charge is 2.49. The van der Waals surface area contributed by atoms with E-state index < -0.39 is 200 Å². The van der Waals surface area contributed by atoms with Gasteiger partial charge in [0.25, 0.3) is 11.8 Å². The highest BCUT2D eigenvalue weighted by Crippen LogP contribution is 2.45. The lowest BCUT2D eigenvalue weighted by molar-refractivity contribution is -0.253. The quantitative estimate of drug-likeness (QED) is 0.0508. The molecule has 0 radical (unpaired) electrons. The van der Waals surface area contributed by atoms with Crippen LogP contribution in [0.2, 0.25) is 0 Å². The maximum Gasteiger partial charge on any atom is 0.461 e. The molecule has 1 saturated heterocycles. The topological polar surface area (TPSA) is 132 Å². The lowest BCUT2D eigenvalue weighted by Gasteiger charge is -2.37. The summed E-state index contributed by atoms with van der Waals surface area (Å²) < 4.78 is 377. The molecule has 10 nitrogen and oxygen atoms in total. The molecule has 1 aliphatic heterocycles. The molecule has 0 bridgehead atoms. The van der Waals surface area contributed by atoms with Crippen LogP contribution in [0.3, 0.4) is 0 Å². The highest BCUT2D eigenvalue weighted by atomic mass is 19.4. The Balaban J connectivity index is 0.000000275. The molecule has 564 valence electrons. The number of halogens is 26. The van der Waals surface area contributed by atoms with E-state index >= 15 is 8.78 Å². The van der Waals surface area contributed by atoms with Gasteiger partial charge >= 0.3 is 55.7 Å². The van der Waals surface area contributed by atoms with Gasteiger partial charge in [0.2, 0.25) is 0 Å². The van der Waals surface area contributed by atoms with E-state index in [-0.39, 0.29) is 77.4 Å². The SMILES string of the molecule is C1CCOC1.COC(=O)c1ccc(C[C@](NC(=O)c2ccc(F)c(C(F)(F)F)c2)(c2cc(F)cc(OC(F)(F)C(F)F)c2)c2ccc(F)c(C(F)(F)F)c2)cc1.O=C(N[C@@](Cc1ccc(CO)cc1)(c1cc(F)cc(OC(F)(F)C(F)F)c1)c1ccc(F)c(C(F)(F)F)c1)c1ccc(F)c(C(F)(F)F)c1. The smallest absolute Gasteiger partial charge is 0.461 e. The number of carbonyl (C=O) groups is 3. The lowest BCUT2D eigenvalue weighted by atomic mass is 9.76. The second-order valence-corrected chi connectivity index (χ2v) is 22.6. The second-order valence-electron chi connectivity index (χ2n) is 22.6. The summed E-state index contributed by atoms with van der Waals surface area (Å²) >= 11 is 0. The number of methoxy groups -OCH3 is 1. The van der Waals surface area contributed by atoms with Gasteiger partial charge in [0.1, 0.15) is 46.4 Å². The van der Waals surface area contributed by atoms with Crippen LogP contribution in [0.4, 0.5) is 114 Å². The van der Waals surface area contributed by atoms with Crippen molar-refractivity contribution in [3.8, 4) is 11.5 Å². The van der Waals surface area contributed by atoms with E-state index in [4.69, 9.17) is 4.74 Å². The van der Waals surface area contributed by atoms with Crippen molar-refractivity contribution in [1.29, 1.82) is 0 Å². The predicted octanol–water partition coefficient (Wildman–Crippen LogP) is 18.7. The third-order valence-electron chi connectivity index (χ3n) is 15.3. The van der Waals surface area contributed by atoms with Gasteiger partial charge in [0.05, 0.1) is 52.6 Å². The monoisotopic (exact) mass is 1530 g/mol. The van der Waals surface area contributed by atoms with E-state index in [0.29, 0.717) is 54.1 Å². The summed E-state index contributed by atoms with van der Waals surface area (Å²) in [7, 11) is 1.03. The third kappa shape index (κ3) is 20.4. The van der Waals surface area contributed by atoms with Crippen LogP contribution in [0.5, 0.6) is 11.5 Å². The van der Waals surface area contributed by atoms with Gasteiger partial charge in [-0.15, -0.1) is 0 Å². The van der Waals surface area contributed by atoms with E-state index in [1.807, 2.05) is 0 Å². The van der Waals surface area contributed by atoms with Crippen LogP contribution >= 0.6 is 0 Å². The maximum atomic E-state index is 15.1. The van der Waals surface area contributed by atoms with Gasteiger partial charge in [0, 0.05) is 49.3 Å². The van der Waals surface area contributed by atoms with Crippen molar-refractivity contribution in [3.63, 3.8) is 0 Å². The molecule has 105 heavy (non-hydrogen) atoms. The summed E-state index contributed by atoms with van der Waals surface area (Å²) in [6.07, 6.45) is -40.1. The predicted molar refractivity (Wildman–Crippen MR) is 316 cm³/mol. The fourth-order valence-electron chi connectivity index (χ4n) is 10.3. The zero-order valence-electron chi connectivity index (χ0n) is 52.7. The summed E-state index contributed by atoms with van der Waals surface area (Å²) in [5.74, 6) is -17.1. The molecule has 0 spiro atoms. The number of benzene rings is 8. The van der Waals surface area contributed by atoms with Crippen LogP contribution in [0, 0.1) is 34.9 Å². The van der Waals surface area contributed by atoms with E-state index in [0.717, 1.165) is 44.6 Å². The number of rotatable bonds is 20. The van der Waals surface area contributed by atoms with Crippen molar-refractivity contribution in [3.05, 3.63) is 271 Å². The summed E-state index contributed by atoms with van der Waals surface area (Å²) in [6.45, 7) is 1.50. The second kappa shape index (κ2) is 32.5. The summed E-state index contributed by atoms with van der Waals surface area (Å²) in [4.78, 5) is 39.3. The molecule has 0 aliphatic carbocycles. The summed E-state index contributed by atoms with van der Waals surface area (Å²) in [6, 6.07) is 15.6. The van der Waals surface area contributed by atoms with Crippen LogP contribution in [0.15, 0.2) is 158 Å². The molecule has 1 aliphatic rings. The van der Waals surface area contributed by atoms with E-state index in [9.17, 15) is 125 Å². The fraction of sp³-hybridized carbons (Fsp3) is 0.261. The number of aliphatic hydroxyl groups is 1. The Hall–Kier alpha value is -10.1. The number of aliphatic hydroxyl groups excluding tert-OH is 1. The van der Waals surface area contributed by atoms with Crippen LogP contribution in [0.25, 0.3) is 0 Å². The molecule has 0 saturated carbocycles. The van der Waals surface area contributed by atoms with E-state index in [1.54, 1.807) is 0 Å². The molecule has 36 heteroatoms. The minimum absolute atomic E-state index is 0.0371. The van der Waals surface area contributed by atoms with Gasteiger partial charge in [0.15, 0.2) is 0 Å². The number of alkyl halides is 20. The van der Waals surface area contributed by atoms with Crippen molar-refractivity contribution in [2.75, 3.05) is 20.3 Å². The van der Waals surface area contributed by atoms with Crippen molar-refractivity contribution >= 4 is 17.8 Å². The number of amides is 2. The first kappa shape index (κ1) is 82.2. The maximum absolute atomic E-state index is 15.1. The van der Waals surface area contributed by atoms with Gasteiger partial charge in [-0.1, -0.05) is 48.5 Å². The summed E-state index contributed by atoms with van der Waals surface area (Å²) in [5, 5.41) is 13.7. The van der Waals surface area contributed by atoms with Gasteiger partial charge in [-0.05, 0) is 149 Å². The van der Waals surface area contributed by atoms with Gasteiger partial charge in [-0.25, -0.2) is 31.1 Å². The van der Waals surface area contributed by atoms with Gasteiger partial charge < -0.3 is 34.7 Å². The summed E-state index contributed by atoms with van der Waals surface area (Å²) in [5.41, 5.74) is -18.1. The zero-order valence-corrected chi connectivity index (χ0v) is 52.7. The Bertz CT molecular complexity index is 4380. The molecule has 1 fully saturated rings. The first-order valence-corrected chi connectivity index (χ1v) is 29.6. The van der Waals surface area contributed by atoms with E-state index in [2.05, 4.69) is 24.8 Å². The lowest BCUT2D eigenvalue weighted by Crippen LogP contribution is -2.49. The number of nitrogens with one attached hydrogen (secondary N) is 2. The highest BCUT2D eigenvalue weighted by molar-refractivity contribution is 5.96. The van der Waals surface area contributed by atoms with Crippen LogP contribution in [-0.4, -0.2) is 68.3 Å². The third-order valence-corrected chi connectivity index (χ3v) is 15.3. The standard InChI is InChI=1S/C33H20F13NO4.C32H20F13NO3.C4H8O/c1-50-28(49)17-4-2-16(3-5-17)15-30(19-7-9-26(36)24(13-19)32(42,43)44,20-11-21(34)14-22(12-20)51-33(45,46)29(37)38)47-27(48)18-6-8-25(35)23(10-18)31(39,40)41;33-21-10-20(11-22(13-21)49-32(44,45)28(36)37)29(14-16-1-3-17(15-47)4-2-16,19-6-8-26(35)24(12-19)31(41,42)43)46-27(48)18-5-7-25(34)23(9-18)30(38,39)40;1-2-4-5-3-1/h2-14,29H,15H2,1H3,(H,47,48);1-13,28,47H,14-15H2,(H,46,48);1-4H2/t30-;29-;/m11./s1. The number of hydrogen-bond donors (Lipinski definition) is 3. The number of hydrogen-bond acceptors (Lipinski definition) is 8. The average molecular weight is 1530 g/mol. The molecule has 2 amide bonds. The van der Waals surface area contributed by atoms with Crippen molar-refractivity contribution in [1.82, 2.24) is 10.6 Å². The minimum atomic E-state index is -5.44. The van der Waals surface area contributed by atoms with Crippen molar-refractivity contribution in [2.24, 2.45) is 0 Å². The molecular weight excluding hydrogens is 1480 g/mol. The van der Waals surface area contributed by atoms with Gasteiger partial charge in [-0.3, -0.25) is 9.59 Å². The molecular formula is C69H48F26N2O8. The van der Waals surface area contributed by atoms with Crippen LogP contribution < -0.4 is 20.1 Å². The molecule has 0 unspecified atom stereocenters. The minimum Gasteiger partial charge on any atom is -0.465 e. The first-order valence-electron chi connectivity index (χ1n) is 29.6. The van der Waals surface area contributed by atoms with Gasteiger partial charge in [-0.2, -0.15) is 87.8 Å². The molecule has 3 N–H and O–H groups in total. The molecule has 1 heterocycles. The molecule has 2 atom stereocenters. The van der Waals surface area contributed by atoms with Crippen molar-refractivity contribution in [2.45, 2.75) is 93.1 Å². The number of carbonyl (C=O) groups excluding carboxylic acids is 3. The fourth-order valence-corrected chi connectivity index (χ4v) is 10.3. The van der Waals surface area contributed by atoms with E-state index in [1.165, 1.54) is 37.1 Å². The largest absolute Gasteiger partial charge is 0.465 e. The van der Waals surface area contributed by atoms with Crippen LogP contribution in [-0.2, 0) is 64.7 Å². The zero-order chi connectivity index (χ0) is 78.2. The molecule has 0 aromatic heterocycles. The average Bonchev–Trinajstić information content (AvgIpc) is 1.07. The normalized spacial score (nSPS) is 14.1.